The molecular formula is C39H57NO2. The maximum Gasteiger partial charge on any atom is 0.123 e. The smallest absolute Gasteiger partial charge is 0.123 e. The number of phenols is 2. The zero-order chi connectivity index (χ0) is 32.0. The van der Waals surface area contributed by atoms with Crippen molar-refractivity contribution in [3.05, 3.63) is 93.5 Å². The molecule has 2 unspecified atom stereocenters. The largest absolute Gasteiger partial charge is 0.507 e. The average molecular weight is 572 g/mol. The van der Waals surface area contributed by atoms with Crippen LogP contribution in [0.2, 0.25) is 0 Å². The van der Waals surface area contributed by atoms with Crippen molar-refractivity contribution in [2.45, 2.75) is 137 Å². The van der Waals surface area contributed by atoms with Crippen LogP contribution in [-0.2, 0) is 28.2 Å². The van der Waals surface area contributed by atoms with Crippen molar-refractivity contribution < 1.29 is 10.2 Å². The Kier molecular flexibility index (Phi) is 9.41. The number of nitrogens with zero attached hydrogens (tertiary/aromatic N) is 1. The molecule has 0 aliphatic heterocycles. The predicted molar refractivity (Wildman–Crippen MR) is 180 cm³/mol. The molecule has 0 bridgehead atoms. The van der Waals surface area contributed by atoms with Crippen molar-refractivity contribution in [2.24, 2.45) is 0 Å². The van der Waals surface area contributed by atoms with E-state index in [1.54, 1.807) is 0 Å². The predicted octanol–water partition coefficient (Wildman–Crippen LogP) is 10.6. The van der Waals surface area contributed by atoms with E-state index in [4.69, 9.17) is 0 Å². The third-order valence-electron chi connectivity index (χ3n) is 8.66. The van der Waals surface area contributed by atoms with E-state index in [1.165, 1.54) is 16.7 Å². The maximum atomic E-state index is 11.4. The lowest BCUT2D eigenvalue weighted by Crippen LogP contribution is -2.31. The Balaban J connectivity index is 2.28. The molecule has 0 aromatic heterocycles. The van der Waals surface area contributed by atoms with Crippen molar-refractivity contribution in [1.82, 2.24) is 4.90 Å². The highest BCUT2D eigenvalue weighted by atomic mass is 16.3. The van der Waals surface area contributed by atoms with Crippen LogP contribution in [0.4, 0.5) is 0 Å². The molecule has 3 aromatic rings. The molecule has 3 nitrogen and oxygen atoms in total. The molecule has 0 radical (unpaired) electrons. The molecule has 230 valence electrons. The standard InChI is InChI=1S/C39H57NO2/c1-25(28-20-30(36(3,4)5)34(41)31(21-28)37(6,7)8)40(24-27-18-16-15-17-19-27)26(2)29-22-32(38(9,10)11)35(42)33(23-29)39(12,13)14/h15-23,25-26,41-42H,24H2,1-14H3. The van der Waals surface area contributed by atoms with Gasteiger partial charge in [-0.1, -0.05) is 113 Å². The Morgan fingerprint density at radius 2 is 0.810 bits per heavy atom. The van der Waals surface area contributed by atoms with Gasteiger partial charge in [-0.05, 0) is 98.7 Å². The molecule has 42 heavy (non-hydrogen) atoms. The lowest BCUT2D eigenvalue weighted by atomic mass is 9.77. The zero-order valence-electron chi connectivity index (χ0n) is 28.9. The summed E-state index contributed by atoms with van der Waals surface area (Å²) < 4.78 is 0. The van der Waals surface area contributed by atoms with Gasteiger partial charge in [-0.25, -0.2) is 0 Å². The Morgan fingerprint density at radius 3 is 1.07 bits per heavy atom. The van der Waals surface area contributed by atoms with E-state index < -0.39 is 0 Å². The van der Waals surface area contributed by atoms with E-state index in [9.17, 15) is 10.2 Å². The summed E-state index contributed by atoms with van der Waals surface area (Å²) in [6, 6.07) is 19.7. The van der Waals surface area contributed by atoms with E-state index in [1.807, 2.05) is 0 Å². The Bertz CT molecular complexity index is 1220. The van der Waals surface area contributed by atoms with Crippen LogP contribution in [-0.4, -0.2) is 15.1 Å². The van der Waals surface area contributed by atoms with Crippen LogP contribution in [0.15, 0.2) is 54.6 Å². The molecule has 0 saturated carbocycles. The average Bonchev–Trinajstić information content (AvgIpc) is 2.84. The number of benzene rings is 3. The van der Waals surface area contributed by atoms with Gasteiger partial charge in [0.2, 0.25) is 0 Å². The second-order valence-electron chi connectivity index (χ2n) is 16.4. The van der Waals surface area contributed by atoms with Crippen molar-refractivity contribution in [3.8, 4) is 11.5 Å². The molecule has 0 heterocycles. The Hall–Kier alpha value is -2.78. The van der Waals surface area contributed by atoms with Crippen molar-refractivity contribution in [3.63, 3.8) is 0 Å². The topological polar surface area (TPSA) is 43.7 Å². The summed E-state index contributed by atoms with van der Waals surface area (Å²) in [5.74, 6) is 0.827. The van der Waals surface area contributed by atoms with Crippen molar-refractivity contribution in [2.75, 3.05) is 0 Å². The van der Waals surface area contributed by atoms with Crippen LogP contribution in [0.5, 0.6) is 11.5 Å². The summed E-state index contributed by atoms with van der Waals surface area (Å²) in [6.07, 6.45) is 0. The van der Waals surface area contributed by atoms with Crippen LogP contribution in [0.1, 0.15) is 148 Å². The molecule has 3 heteroatoms. The minimum Gasteiger partial charge on any atom is -0.507 e. The number of hydrogen-bond donors (Lipinski definition) is 2. The van der Waals surface area contributed by atoms with Gasteiger partial charge in [0.25, 0.3) is 0 Å². The summed E-state index contributed by atoms with van der Waals surface area (Å²) in [5.41, 5.74) is 6.81. The van der Waals surface area contributed by atoms with Gasteiger partial charge >= 0.3 is 0 Å². The molecule has 0 aliphatic carbocycles. The molecule has 0 amide bonds. The van der Waals surface area contributed by atoms with E-state index in [0.29, 0.717) is 11.5 Å². The molecular weight excluding hydrogens is 514 g/mol. The summed E-state index contributed by atoms with van der Waals surface area (Å²) in [5, 5.41) is 22.9. The highest BCUT2D eigenvalue weighted by Crippen LogP contribution is 2.45. The first-order valence-electron chi connectivity index (χ1n) is 15.6. The van der Waals surface area contributed by atoms with Gasteiger partial charge in [0.15, 0.2) is 0 Å². The second kappa shape index (κ2) is 11.7. The number of aromatic hydroxyl groups is 2. The molecule has 3 rings (SSSR count). The highest BCUT2D eigenvalue weighted by molar-refractivity contribution is 5.52. The fourth-order valence-electron chi connectivity index (χ4n) is 5.87. The van der Waals surface area contributed by atoms with Crippen LogP contribution >= 0.6 is 0 Å². The minimum atomic E-state index is -0.199. The fourth-order valence-corrected chi connectivity index (χ4v) is 5.87. The van der Waals surface area contributed by atoms with Gasteiger partial charge in [0.1, 0.15) is 11.5 Å². The molecule has 2 atom stereocenters. The van der Waals surface area contributed by atoms with Gasteiger partial charge in [0, 0.05) is 18.6 Å². The van der Waals surface area contributed by atoms with Gasteiger partial charge in [-0.15, -0.1) is 0 Å². The molecule has 0 spiro atoms. The first-order chi connectivity index (χ1) is 19.0. The monoisotopic (exact) mass is 571 g/mol. The van der Waals surface area contributed by atoms with Crippen LogP contribution in [0, 0.1) is 0 Å². The number of phenolic OH excluding ortho intramolecular Hbond substituents is 2. The van der Waals surface area contributed by atoms with Gasteiger partial charge in [-0.2, -0.15) is 0 Å². The van der Waals surface area contributed by atoms with E-state index in [0.717, 1.165) is 28.8 Å². The molecule has 3 aromatic carbocycles. The van der Waals surface area contributed by atoms with E-state index in [-0.39, 0.29) is 33.7 Å². The number of hydrogen-bond acceptors (Lipinski definition) is 3. The van der Waals surface area contributed by atoms with Gasteiger partial charge in [-0.3, -0.25) is 4.90 Å². The normalized spacial score (nSPS) is 14.7. The van der Waals surface area contributed by atoms with Gasteiger partial charge < -0.3 is 10.2 Å². The first kappa shape index (κ1) is 33.7. The lowest BCUT2D eigenvalue weighted by molar-refractivity contribution is 0.144. The summed E-state index contributed by atoms with van der Waals surface area (Å²) in [6.45, 7) is 31.4. The quantitative estimate of drug-likeness (QED) is 0.309. The first-order valence-corrected chi connectivity index (χ1v) is 15.6. The number of rotatable bonds is 6. The third-order valence-corrected chi connectivity index (χ3v) is 8.66. The highest BCUT2D eigenvalue weighted by Gasteiger charge is 2.32. The van der Waals surface area contributed by atoms with Crippen LogP contribution in [0.25, 0.3) is 0 Å². The molecule has 0 fully saturated rings. The van der Waals surface area contributed by atoms with Crippen LogP contribution in [0.3, 0.4) is 0 Å². The molecule has 0 saturated heterocycles. The summed E-state index contributed by atoms with van der Waals surface area (Å²) >= 11 is 0. The summed E-state index contributed by atoms with van der Waals surface area (Å²) in [4.78, 5) is 2.56. The summed E-state index contributed by atoms with van der Waals surface area (Å²) in [7, 11) is 0. The molecule has 2 N–H and O–H groups in total. The van der Waals surface area contributed by atoms with Crippen LogP contribution < -0.4 is 0 Å². The minimum absolute atomic E-state index is 0.0629. The maximum absolute atomic E-state index is 11.4. The fraction of sp³-hybridized carbons (Fsp3) is 0.538. The van der Waals surface area contributed by atoms with E-state index >= 15 is 0 Å². The SMILES string of the molecule is CC(c1cc(C(C)(C)C)c(O)c(C(C)(C)C)c1)N(Cc1ccccc1)C(C)c1cc(C(C)(C)C)c(O)c(C(C)(C)C)c1. The van der Waals surface area contributed by atoms with E-state index in [2.05, 4.69) is 156 Å². The van der Waals surface area contributed by atoms with Crippen molar-refractivity contribution in [1.29, 1.82) is 0 Å². The molecule has 0 aliphatic rings. The lowest BCUT2D eigenvalue weighted by Gasteiger charge is -2.38. The third kappa shape index (κ3) is 7.40. The Labute approximate surface area is 257 Å². The van der Waals surface area contributed by atoms with Gasteiger partial charge in [0.05, 0.1) is 0 Å². The van der Waals surface area contributed by atoms with Crippen molar-refractivity contribution >= 4 is 0 Å². The Morgan fingerprint density at radius 1 is 0.524 bits per heavy atom. The second-order valence-corrected chi connectivity index (χ2v) is 16.4. The zero-order valence-corrected chi connectivity index (χ0v) is 28.9.